The number of pyridine rings is 1. The fourth-order valence-corrected chi connectivity index (χ4v) is 2.38. The Kier molecular flexibility index (Phi) is 3.20. The van der Waals surface area contributed by atoms with Crippen molar-refractivity contribution in [3.05, 3.63) is 77.2 Å². The molecule has 0 saturated carbocycles. The zero-order valence-corrected chi connectivity index (χ0v) is 11.0. The van der Waals surface area contributed by atoms with Crippen LogP contribution in [0.4, 0.5) is 4.39 Å². The lowest BCUT2D eigenvalue weighted by atomic mass is 9.98. The van der Waals surface area contributed by atoms with E-state index in [0.29, 0.717) is 5.56 Å². The van der Waals surface area contributed by atoms with Crippen LogP contribution in [0.2, 0.25) is 0 Å². The van der Waals surface area contributed by atoms with Crippen molar-refractivity contribution in [3.8, 4) is 0 Å². The molecule has 1 aromatic heterocycles. The van der Waals surface area contributed by atoms with E-state index in [1.807, 2.05) is 37.3 Å². The summed E-state index contributed by atoms with van der Waals surface area (Å²) in [4.78, 5) is 4.24. The van der Waals surface area contributed by atoms with E-state index in [1.165, 1.54) is 12.1 Å². The van der Waals surface area contributed by atoms with Crippen LogP contribution < -0.4 is 0 Å². The highest BCUT2D eigenvalue weighted by Crippen LogP contribution is 2.26. The number of benzene rings is 2. The van der Waals surface area contributed by atoms with Crippen LogP contribution in [0.5, 0.6) is 0 Å². The van der Waals surface area contributed by atoms with Gasteiger partial charge in [-0.15, -0.1) is 0 Å². The summed E-state index contributed by atoms with van der Waals surface area (Å²) in [6.45, 7) is 1.81. The molecule has 1 unspecified atom stereocenters. The minimum atomic E-state index is -0.839. The maximum Gasteiger partial charge on any atom is 0.123 e. The number of rotatable bonds is 2. The lowest BCUT2D eigenvalue weighted by Crippen LogP contribution is -2.01. The number of aromatic nitrogens is 1. The first-order chi connectivity index (χ1) is 9.63. The van der Waals surface area contributed by atoms with Crippen LogP contribution in [-0.2, 0) is 0 Å². The fraction of sp³-hybridized carbons (Fsp3) is 0.118. The molecule has 0 aliphatic rings. The highest BCUT2D eigenvalue weighted by atomic mass is 19.1. The van der Waals surface area contributed by atoms with Crippen LogP contribution >= 0.6 is 0 Å². The van der Waals surface area contributed by atoms with Crippen LogP contribution in [0, 0.1) is 12.7 Å². The predicted octanol–water partition coefficient (Wildman–Crippen LogP) is 3.76. The van der Waals surface area contributed by atoms with E-state index in [9.17, 15) is 9.50 Å². The lowest BCUT2D eigenvalue weighted by Gasteiger charge is -2.13. The van der Waals surface area contributed by atoms with Crippen molar-refractivity contribution in [2.75, 3.05) is 0 Å². The van der Waals surface area contributed by atoms with Crippen molar-refractivity contribution >= 4 is 10.9 Å². The third kappa shape index (κ3) is 2.40. The Morgan fingerprint density at radius 1 is 1.05 bits per heavy atom. The first-order valence-corrected chi connectivity index (χ1v) is 6.43. The SMILES string of the molecule is Cc1cc(F)cc(C(O)c2ccc3ncccc3c2)c1. The normalized spacial score (nSPS) is 12.6. The van der Waals surface area contributed by atoms with Crippen LogP contribution in [-0.4, -0.2) is 10.1 Å². The topological polar surface area (TPSA) is 33.1 Å². The number of halogens is 1. The minimum absolute atomic E-state index is 0.332. The molecule has 0 bridgehead atoms. The van der Waals surface area contributed by atoms with Crippen molar-refractivity contribution in [2.45, 2.75) is 13.0 Å². The molecule has 0 saturated heterocycles. The Morgan fingerprint density at radius 3 is 2.70 bits per heavy atom. The molecule has 20 heavy (non-hydrogen) atoms. The zero-order chi connectivity index (χ0) is 14.1. The molecule has 100 valence electrons. The molecule has 3 heteroatoms. The molecule has 0 radical (unpaired) electrons. The standard InChI is InChI=1S/C17H14FNO/c1-11-7-14(10-15(18)8-11)17(20)13-4-5-16-12(9-13)3-2-6-19-16/h2-10,17,20H,1H3. The molecule has 0 aliphatic carbocycles. The van der Waals surface area contributed by atoms with E-state index in [4.69, 9.17) is 0 Å². The first kappa shape index (κ1) is 12.8. The van der Waals surface area contributed by atoms with Gasteiger partial charge in [0.2, 0.25) is 0 Å². The number of aliphatic hydroxyl groups excluding tert-OH is 1. The predicted molar refractivity (Wildman–Crippen MR) is 76.9 cm³/mol. The van der Waals surface area contributed by atoms with Crippen LogP contribution in [0.15, 0.2) is 54.7 Å². The summed E-state index contributed by atoms with van der Waals surface area (Å²) in [5.74, 6) is -0.332. The van der Waals surface area contributed by atoms with Gasteiger partial charge in [0.05, 0.1) is 5.52 Å². The zero-order valence-electron chi connectivity index (χ0n) is 11.0. The lowest BCUT2D eigenvalue weighted by molar-refractivity contribution is 0.220. The summed E-state index contributed by atoms with van der Waals surface area (Å²) in [6, 6.07) is 14.0. The number of nitrogens with zero attached hydrogens (tertiary/aromatic N) is 1. The summed E-state index contributed by atoms with van der Waals surface area (Å²) in [7, 11) is 0. The van der Waals surface area contributed by atoms with Gasteiger partial charge in [-0.3, -0.25) is 4.98 Å². The smallest absolute Gasteiger partial charge is 0.123 e. The van der Waals surface area contributed by atoms with Crippen LogP contribution in [0.1, 0.15) is 22.8 Å². The van der Waals surface area contributed by atoms with Gasteiger partial charge in [-0.1, -0.05) is 18.2 Å². The number of hydrogen-bond acceptors (Lipinski definition) is 2. The highest BCUT2D eigenvalue weighted by molar-refractivity contribution is 5.79. The van der Waals surface area contributed by atoms with Gasteiger partial charge < -0.3 is 5.11 Å². The molecule has 1 N–H and O–H groups in total. The van der Waals surface area contributed by atoms with Gasteiger partial charge in [0.1, 0.15) is 11.9 Å². The molecule has 2 nitrogen and oxygen atoms in total. The van der Waals surface area contributed by atoms with E-state index in [2.05, 4.69) is 4.98 Å². The molecule has 3 aromatic rings. The Labute approximate surface area is 116 Å². The van der Waals surface area contributed by atoms with Crippen LogP contribution in [0.25, 0.3) is 10.9 Å². The van der Waals surface area contributed by atoms with Crippen molar-refractivity contribution in [2.24, 2.45) is 0 Å². The largest absolute Gasteiger partial charge is 0.384 e. The maximum absolute atomic E-state index is 13.4. The molecule has 1 heterocycles. The Hall–Kier alpha value is -2.26. The van der Waals surface area contributed by atoms with E-state index < -0.39 is 6.10 Å². The number of fused-ring (bicyclic) bond motifs is 1. The molecule has 1 atom stereocenters. The van der Waals surface area contributed by atoms with Gasteiger partial charge in [0, 0.05) is 11.6 Å². The van der Waals surface area contributed by atoms with Crippen molar-refractivity contribution in [1.29, 1.82) is 0 Å². The molecular weight excluding hydrogens is 253 g/mol. The Bertz CT molecular complexity index is 750. The van der Waals surface area contributed by atoms with E-state index in [0.717, 1.165) is 22.0 Å². The van der Waals surface area contributed by atoms with Gasteiger partial charge in [-0.25, -0.2) is 4.39 Å². The van der Waals surface area contributed by atoms with E-state index in [1.54, 1.807) is 12.3 Å². The van der Waals surface area contributed by atoms with Gasteiger partial charge in [-0.2, -0.15) is 0 Å². The number of hydrogen-bond donors (Lipinski definition) is 1. The summed E-state index contributed by atoms with van der Waals surface area (Å²) < 4.78 is 13.4. The summed E-state index contributed by atoms with van der Waals surface area (Å²) in [5, 5.41) is 11.4. The summed E-state index contributed by atoms with van der Waals surface area (Å²) in [6.07, 6.45) is 0.892. The fourth-order valence-electron chi connectivity index (χ4n) is 2.38. The first-order valence-electron chi connectivity index (χ1n) is 6.43. The molecular formula is C17H14FNO. The molecule has 0 spiro atoms. The average molecular weight is 267 g/mol. The second kappa shape index (κ2) is 5.02. The third-order valence-electron chi connectivity index (χ3n) is 3.32. The summed E-state index contributed by atoms with van der Waals surface area (Å²) in [5.41, 5.74) is 2.96. The third-order valence-corrected chi connectivity index (χ3v) is 3.32. The maximum atomic E-state index is 13.4. The molecule has 2 aromatic carbocycles. The molecule has 0 aliphatic heterocycles. The van der Waals surface area contributed by atoms with Gasteiger partial charge in [0.15, 0.2) is 0 Å². The minimum Gasteiger partial charge on any atom is -0.384 e. The van der Waals surface area contributed by atoms with Crippen molar-refractivity contribution in [1.82, 2.24) is 4.98 Å². The van der Waals surface area contributed by atoms with E-state index >= 15 is 0 Å². The monoisotopic (exact) mass is 267 g/mol. The second-order valence-electron chi connectivity index (χ2n) is 4.92. The van der Waals surface area contributed by atoms with Crippen LogP contribution in [0.3, 0.4) is 0 Å². The molecule has 3 rings (SSSR count). The quantitative estimate of drug-likeness (QED) is 0.766. The van der Waals surface area contributed by atoms with Gasteiger partial charge in [-0.05, 0) is 53.9 Å². The molecule has 0 amide bonds. The molecule has 0 fully saturated rings. The Balaban J connectivity index is 2.05. The number of aliphatic hydroxyl groups is 1. The van der Waals surface area contributed by atoms with Crippen molar-refractivity contribution in [3.63, 3.8) is 0 Å². The Morgan fingerprint density at radius 2 is 1.90 bits per heavy atom. The average Bonchev–Trinajstić information content (AvgIpc) is 2.45. The van der Waals surface area contributed by atoms with Gasteiger partial charge in [0.25, 0.3) is 0 Å². The highest BCUT2D eigenvalue weighted by Gasteiger charge is 2.12. The van der Waals surface area contributed by atoms with Gasteiger partial charge >= 0.3 is 0 Å². The summed E-state index contributed by atoms with van der Waals surface area (Å²) >= 11 is 0. The second-order valence-corrected chi connectivity index (χ2v) is 4.92. The van der Waals surface area contributed by atoms with Crippen molar-refractivity contribution < 1.29 is 9.50 Å². The number of aryl methyl sites for hydroxylation is 1. The van der Waals surface area contributed by atoms with E-state index in [-0.39, 0.29) is 5.82 Å².